The van der Waals surface area contributed by atoms with Crippen LogP contribution in [0.1, 0.15) is 41.9 Å². The van der Waals surface area contributed by atoms with Gasteiger partial charge in [0.15, 0.2) is 5.82 Å². The number of benzene rings is 2. The van der Waals surface area contributed by atoms with E-state index in [1.54, 1.807) is 30.9 Å². The minimum absolute atomic E-state index is 0.0123. The Morgan fingerprint density at radius 3 is 2.85 bits per heavy atom. The fourth-order valence-corrected chi connectivity index (χ4v) is 5.11. The summed E-state index contributed by atoms with van der Waals surface area (Å²) in [5, 5.41) is 7.48. The Morgan fingerprint density at radius 2 is 2.05 bits per heavy atom. The molecule has 2 aliphatic rings. The molecule has 3 N–H and O–H groups in total. The molecule has 0 radical (unpaired) electrons. The van der Waals surface area contributed by atoms with E-state index in [1.165, 1.54) is 6.07 Å². The Labute approximate surface area is 223 Å². The average Bonchev–Trinajstić information content (AvgIpc) is 3.53. The first-order valence-corrected chi connectivity index (χ1v) is 12.9. The first kappa shape index (κ1) is 23.3. The van der Waals surface area contributed by atoms with Crippen molar-refractivity contribution < 1.29 is 9.18 Å². The molecule has 7 rings (SSSR count). The molecule has 1 saturated carbocycles. The number of aromatic nitrogens is 5. The number of anilines is 1. The van der Waals surface area contributed by atoms with Gasteiger partial charge in [-0.3, -0.25) is 9.78 Å². The Bertz CT molecular complexity index is 1780. The van der Waals surface area contributed by atoms with Gasteiger partial charge >= 0.3 is 0 Å². The first-order chi connectivity index (χ1) is 19.0. The standard InChI is InChI=1S/C29H25FN8O/c1-16-14-38(15-32-16)25-7-3-6-24-27(25)36-28(35-24)26-22-10-21(23(30)9-19(22)12-33-37-26)18-8-20(13-31-11-18)34-29(39)17-4-2-5-17/h3,6-11,13-15,17,33H,2,4-5,12H2,1H3,(H,34,39)(H,35,36). The lowest BCUT2D eigenvalue weighted by molar-refractivity contribution is -0.122. The highest BCUT2D eigenvalue weighted by Gasteiger charge is 2.26. The summed E-state index contributed by atoms with van der Waals surface area (Å²) in [5.74, 6) is 0.229. The first-order valence-electron chi connectivity index (χ1n) is 12.9. The van der Waals surface area contributed by atoms with Crippen molar-refractivity contribution in [3.05, 3.63) is 89.8 Å². The number of hydrogen-bond acceptors (Lipinski definition) is 6. The van der Waals surface area contributed by atoms with Crippen LogP contribution >= 0.6 is 0 Å². The van der Waals surface area contributed by atoms with Gasteiger partial charge in [0, 0.05) is 35.0 Å². The summed E-state index contributed by atoms with van der Waals surface area (Å²) in [4.78, 5) is 29.3. The lowest BCUT2D eigenvalue weighted by Crippen LogP contribution is -2.28. The highest BCUT2D eigenvalue weighted by atomic mass is 19.1. The van der Waals surface area contributed by atoms with Crippen molar-refractivity contribution in [2.75, 3.05) is 5.32 Å². The fourth-order valence-electron chi connectivity index (χ4n) is 5.11. The summed E-state index contributed by atoms with van der Waals surface area (Å²) in [7, 11) is 0. The number of imidazole rings is 2. The number of halogens is 1. The van der Waals surface area contributed by atoms with Gasteiger partial charge in [0.2, 0.25) is 5.91 Å². The Hall–Kier alpha value is -4.86. The average molecular weight is 521 g/mol. The number of pyridine rings is 1. The number of rotatable bonds is 5. The quantitative estimate of drug-likeness (QED) is 0.307. The second kappa shape index (κ2) is 9.16. The van der Waals surface area contributed by atoms with Crippen LogP contribution in [-0.4, -0.2) is 36.1 Å². The predicted octanol–water partition coefficient (Wildman–Crippen LogP) is 4.85. The van der Waals surface area contributed by atoms with Crippen molar-refractivity contribution in [1.82, 2.24) is 29.9 Å². The number of H-pyrrole nitrogens is 1. The van der Waals surface area contributed by atoms with Crippen molar-refractivity contribution in [2.24, 2.45) is 11.0 Å². The van der Waals surface area contributed by atoms with Gasteiger partial charge in [-0.2, -0.15) is 5.10 Å². The van der Waals surface area contributed by atoms with Gasteiger partial charge in [-0.15, -0.1) is 0 Å². The molecule has 0 saturated heterocycles. The highest BCUT2D eigenvalue weighted by molar-refractivity contribution is 6.13. The number of carbonyl (C=O) groups is 1. The summed E-state index contributed by atoms with van der Waals surface area (Å²) in [6.45, 7) is 2.34. The van der Waals surface area contributed by atoms with Gasteiger partial charge in [-0.05, 0) is 55.7 Å². The van der Waals surface area contributed by atoms with Gasteiger partial charge in [0.1, 0.15) is 17.0 Å². The molecule has 0 atom stereocenters. The minimum Gasteiger partial charge on any atom is -0.337 e. The zero-order valence-electron chi connectivity index (χ0n) is 21.2. The summed E-state index contributed by atoms with van der Waals surface area (Å²) in [5.41, 5.74) is 10.1. The fraction of sp³-hybridized carbons (Fsp3) is 0.207. The highest BCUT2D eigenvalue weighted by Crippen LogP contribution is 2.32. The Morgan fingerprint density at radius 1 is 1.15 bits per heavy atom. The molecule has 1 amide bonds. The second-order valence-electron chi connectivity index (χ2n) is 10.0. The van der Waals surface area contributed by atoms with Crippen LogP contribution < -0.4 is 10.7 Å². The molecule has 1 aliphatic carbocycles. The topological polar surface area (TPSA) is 113 Å². The van der Waals surface area contributed by atoms with E-state index in [4.69, 9.17) is 4.98 Å². The Balaban J connectivity index is 1.27. The van der Waals surface area contributed by atoms with Crippen LogP contribution in [0.25, 0.3) is 27.8 Å². The lowest BCUT2D eigenvalue weighted by Gasteiger charge is -2.24. The van der Waals surface area contributed by atoms with Crippen LogP contribution in [0.5, 0.6) is 0 Å². The maximum atomic E-state index is 15.4. The van der Waals surface area contributed by atoms with Crippen LogP contribution in [0.4, 0.5) is 10.1 Å². The third kappa shape index (κ3) is 4.14. The number of nitrogens with zero attached hydrogens (tertiary/aromatic N) is 5. The number of aryl methyl sites for hydroxylation is 1. The molecular weight excluding hydrogens is 495 g/mol. The molecule has 10 heteroatoms. The van der Waals surface area contributed by atoms with Crippen molar-refractivity contribution in [3.63, 3.8) is 0 Å². The number of para-hydroxylation sites is 1. The molecule has 0 bridgehead atoms. The normalized spacial score (nSPS) is 14.9. The van der Waals surface area contributed by atoms with Crippen molar-refractivity contribution in [1.29, 1.82) is 0 Å². The molecular formula is C29H25FN8O. The monoisotopic (exact) mass is 520 g/mol. The number of carbonyl (C=O) groups excluding carboxylic acids is 1. The molecule has 1 aliphatic heterocycles. The molecule has 9 nitrogen and oxygen atoms in total. The molecule has 2 aromatic carbocycles. The number of aromatic amines is 1. The molecule has 194 valence electrons. The zero-order valence-corrected chi connectivity index (χ0v) is 21.2. The third-order valence-electron chi connectivity index (χ3n) is 7.41. The van der Waals surface area contributed by atoms with E-state index in [-0.39, 0.29) is 17.6 Å². The van der Waals surface area contributed by atoms with Crippen LogP contribution in [0, 0.1) is 18.7 Å². The second-order valence-corrected chi connectivity index (χ2v) is 10.0. The summed E-state index contributed by atoms with van der Waals surface area (Å²) >= 11 is 0. The van der Waals surface area contributed by atoms with Crippen LogP contribution in [-0.2, 0) is 11.3 Å². The maximum Gasteiger partial charge on any atom is 0.227 e. The number of amides is 1. The number of hydrazone groups is 1. The molecule has 5 aromatic rings. The van der Waals surface area contributed by atoms with Crippen LogP contribution in [0.15, 0.2) is 66.4 Å². The predicted molar refractivity (Wildman–Crippen MR) is 146 cm³/mol. The molecule has 0 unspecified atom stereocenters. The largest absolute Gasteiger partial charge is 0.337 e. The summed E-state index contributed by atoms with van der Waals surface area (Å²) in [6, 6.07) is 11.0. The van der Waals surface area contributed by atoms with Crippen molar-refractivity contribution >= 4 is 28.3 Å². The minimum atomic E-state index is -0.372. The van der Waals surface area contributed by atoms with E-state index in [2.05, 4.69) is 30.8 Å². The van der Waals surface area contributed by atoms with E-state index in [0.29, 0.717) is 34.9 Å². The number of nitrogens with one attached hydrogen (secondary N) is 3. The van der Waals surface area contributed by atoms with E-state index < -0.39 is 0 Å². The maximum absolute atomic E-state index is 15.4. The lowest BCUT2D eigenvalue weighted by atomic mass is 9.85. The number of hydrogen-bond donors (Lipinski definition) is 3. The summed E-state index contributed by atoms with van der Waals surface area (Å²) < 4.78 is 17.3. The molecule has 0 spiro atoms. The van der Waals surface area contributed by atoms with E-state index >= 15 is 4.39 Å². The SMILES string of the molecule is Cc1cn(-c2cccc3[nH]c(C4=NNCc5cc(F)c(-c6cncc(NC(=O)C7CCC7)c6)cc54)nc23)cn1. The van der Waals surface area contributed by atoms with E-state index in [9.17, 15) is 4.79 Å². The van der Waals surface area contributed by atoms with Gasteiger partial charge < -0.3 is 20.3 Å². The van der Waals surface area contributed by atoms with Crippen LogP contribution in [0.2, 0.25) is 0 Å². The molecule has 1 fully saturated rings. The molecule has 3 aromatic heterocycles. The van der Waals surface area contributed by atoms with E-state index in [1.807, 2.05) is 35.9 Å². The van der Waals surface area contributed by atoms with Crippen molar-refractivity contribution in [2.45, 2.75) is 32.7 Å². The van der Waals surface area contributed by atoms with Gasteiger partial charge in [0.05, 0.1) is 41.7 Å². The third-order valence-corrected chi connectivity index (χ3v) is 7.41. The molecule has 4 heterocycles. The van der Waals surface area contributed by atoms with Gasteiger partial charge in [0.25, 0.3) is 0 Å². The van der Waals surface area contributed by atoms with Crippen molar-refractivity contribution in [3.8, 4) is 16.8 Å². The van der Waals surface area contributed by atoms with Gasteiger partial charge in [-0.1, -0.05) is 12.5 Å². The summed E-state index contributed by atoms with van der Waals surface area (Å²) in [6.07, 6.45) is 9.78. The Kier molecular flexibility index (Phi) is 5.46. The van der Waals surface area contributed by atoms with E-state index in [0.717, 1.165) is 52.8 Å². The smallest absolute Gasteiger partial charge is 0.227 e. The van der Waals surface area contributed by atoms with Gasteiger partial charge in [-0.25, -0.2) is 14.4 Å². The number of fused-ring (bicyclic) bond motifs is 2. The van der Waals surface area contributed by atoms with Crippen LogP contribution in [0.3, 0.4) is 0 Å². The zero-order chi connectivity index (χ0) is 26.5. The molecule has 39 heavy (non-hydrogen) atoms.